The summed E-state index contributed by atoms with van der Waals surface area (Å²) >= 11 is 0. The molecule has 312 valence electrons. The summed E-state index contributed by atoms with van der Waals surface area (Å²) in [6.07, 6.45) is 9.39. The summed E-state index contributed by atoms with van der Waals surface area (Å²) in [5.74, 6) is -1.97. The molecule has 1 aliphatic carbocycles. The molecular weight excluding hydrogens is 772 g/mol. The molecule has 0 radical (unpaired) electrons. The molecule has 1 saturated carbocycles. The Bertz CT molecular complexity index is 2490. The Labute approximate surface area is 345 Å². The van der Waals surface area contributed by atoms with E-state index in [-0.39, 0.29) is 52.6 Å². The van der Waals surface area contributed by atoms with Gasteiger partial charge in [0.15, 0.2) is 5.78 Å². The monoisotopic (exact) mass is 818 g/mol. The van der Waals surface area contributed by atoms with E-state index in [0.717, 1.165) is 87.9 Å². The lowest BCUT2D eigenvalue weighted by molar-refractivity contribution is -0.136. The van der Waals surface area contributed by atoms with Gasteiger partial charge in [-0.15, -0.1) is 0 Å². The van der Waals surface area contributed by atoms with Gasteiger partial charge in [0, 0.05) is 69.9 Å². The molecule has 1 unspecified atom stereocenters. The highest BCUT2D eigenvalue weighted by Gasteiger charge is 2.45. The highest BCUT2D eigenvalue weighted by Crippen LogP contribution is 2.35. The van der Waals surface area contributed by atoms with Crippen molar-refractivity contribution in [3.05, 3.63) is 75.1 Å². The molecule has 16 nitrogen and oxygen atoms in total. The van der Waals surface area contributed by atoms with Gasteiger partial charge in [-0.05, 0) is 81.7 Å². The fourth-order valence-electron chi connectivity index (χ4n) is 9.70. The minimum absolute atomic E-state index is 0.00617. The maximum atomic E-state index is 15.5. The summed E-state index contributed by atoms with van der Waals surface area (Å²) in [5.41, 5.74) is 2.33. The normalized spacial score (nSPS) is 20.6. The number of nitrogens with one attached hydrogen (secondary N) is 2. The molecule has 7 heterocycles. The van der Waals surface area contributed by atoms with Crippen molar-refractivity contribution in [1.29, 1.82) is 0 Å². The number of carbonyl (C=O) groups is 5. The molecule has 1 atom stereocenters. The number of pyridine rings is 2. The standard InChI is InChI=1S/C43H47FN10O6/c1-24-31-22-46-43(49-38(31)53(27-5-3-4-6-27)42(60)37(24)25(2)55)47-35-9-7-28(21-45-35)51-13-11-26(12-14-51)23-50-15-17-52(18-16-50)34-20-30-29(19-32(34)44)40(58)54(41(30)59)33-8-10-36(56)48-39(33)57/h7,9,19-22,26-27,33H,3-6,8,10-18,23H2,1-2H3,(H,48,56,57)(H,45,46,47,49). The topological polar surface area (TPSA) is 183 Å². The number of halogens is 1. The molecule has 9 rings (SSSR count). The molecule has 4 aromatic rings. The van der Waals surface area contributed by atoms with Gasteiger partial charge in [-0.1, -0.05) is 12.8 Å². The first-order valence-electron chi connectivity index (χ1n) is 20.9. The Kier molecular flexibility index (Phi) is 10.4. The third-order valence-corrected chi connectivity index (χ3v) is 13.0. The number of aryl methyl sites for hydroxylation is 1. The lowest BCUT2D eigenvalue weighted by atomic mass is 9.95. The summed E-state index contributed by atoms with van der Waals surface area (Å²) in [6, 6.07) is 5.35. The number of Topliss-reactive ketones (excluding diaryl/α,β-unsaturated/α-hetero) is 1. The van der Waals surface area contributed by atoms with Gasteiger partial charge in [-0.25, -0.2) is 14.4 Å². The van der Waals surface area contributed by atoms with E-state index in [1.165, 1.54) is 13.0 Å². The zero-order valence-corrected chi connectivity index (χ0v) is 33.7. The molecule has 4 aliphatic heterocycles. The van der Waals surface area contributed by atoms with Gasteiger partial charge in [0.1, 0.15) is 23.3 Å². The Balaban J connectivity index is 0.783. The molecular formula is C43H47FN10O6. The highest BCUT2D eigenvalue weighted by molar-refractivity contribution is 6.23. The molecule has 2 N–H and O–H groups in total. The number of piperazine rings is 1. The maximum Gasteiger partial charge on any atom is 0.263 e. The van der Waals surface area contributed by atoms with Crippen LogP contribution in [0.3, 0.4) is 0 Å². The van der Waals surface area contributed by atoms with Crippen LogP contribution < -0.4 is 26.0 Å². The quantitative estimate of drug-likeness (QED) is 0.182. The van der Waals surface area contributed by atoms with Crippen LogP contribution in [-0.2, 0) is 9.59 Å². The van der Waals surface area contributed by atoms with Crippen molar-refractivity contribution in [2.24, 2.45) is 5.92 Å². The first-order chi connectivity index (χ1) is 28.9. The van der Waals surface area contributed by atoms with Crippen LogP contribution >= 0.6 is 0 Å². The van der Waals surface area contributed by atoms with E-state index in [1.807, 2.05) is 23.2 Å². The van der Waals surface area contributed by atoms with Crippen LogP contribution in [0.15, 0.2) is 41.5 Å². The van der Waals surface area contributed by atoms with Crippen LogP contribution in [0, 0.1) is 18.7 Å². The van der Waals surface area contributed by atoms with Gasteiger partial charge in [-0.3, -0.25) is 48.5 Å². The summed E-state index contributed by atoms with van der Waals surface area (Å²) in [7, 11) is 0. The molecule has 17 heteroatoms. The second-order valence-corrected chi connectivity index (χ2v) is 16.6. The van der Waals surface area contributed by atoms with Crippen molar-refractivity contribution in [2.75, 3.05) is 60.9 Å². The number of anilines is 4. The van der Waals surface area contributed by atoms with Gasteiger partial charge in [0.2, 0.25) is 17.8 Å². The van der Waals surface area contributed by atoms with Crippen LogP contribution in [0.1, 0.15) is 101 Å². The van der Waals surface area contributed by atoms with E-state index in [4.69, 9.17) is 4.98 Å². The van der Waals surface area contributed by atoms with Crippen LogP contribution in [0.5, 0.6) is 0 Å². The highest BCUT2D eigenvalue weighted by atomic mass is 19.1. The number of imide groups is 2. The van der Waals surface area contributed by atoms with Crippen LogP contribution in [0.4, 0.5) is 27.5 Å². The molecule has 4 amide bonds. The van der Waals surface area contributed by atoms with Crippen molar-refractivity contribution >= 4 is 63.6 Å². The van der Waals surface area contributed by atoms with Crippen LogP contribution in [0.25, 0.3) is 11.0 Å². The predicted octanol–water partition coefficient (Wildman–Crippen LogP) is 4.14. The second-order valence-electron chi connectivity index (χ2n) is 16.6. The molecule has 0 bridgehead atoms. The van der Waals surface area contributed by atoms with Gasteiger partial charge in [-0.2, -0.15) is 4.98 Å². The minimum atomic E-state index is -1.10. The van der Waals surface area contributed by atoms with Gasteiger partial charge in [0.25, 0.3) is 17.4 Å². The Morgan fingerprint density at radius 1 is 0.867 bits per heavy atom. The van der Waals surface area contributed by atoms with Crippen molar-refractivity contribution in [3.63, 3.8) is 0 Å². The summed E-state index contributed by atoms with van der Waals surface area (Å²) in [6.45, 7) is 8.48. The van der Waals surface area contributed by atoms with Crippen molar-refractivity contribution in [2.45, 2.75) is 77.3 Å². The number of hydrogen-bond acceptors (Lipinski definition) is 13. The fraction of sp³-hybridized carbons (Fsp3) is 0.465. The van der Waals surface area contributed by atoms with E-state index in [0.29, 0.717) is 47.4 Å². The minimum Gasteiger partial charge on any atom is -0.370 e. The Morgan fingerprint density at radius 3 is 2.25 bits per heavy atom. The van der Waals surface area contributed by atoms with E-state index in [2.05, 4.69) is 30.4 Å². The zero-order chi connectivity index (χ0) is 41.8. The lowest BCUT2D eigenvalue weighted by Gasteiger charge is -2.40. The van der Waals surface area contributed by atoms with Crippen molar-refractivity contribution in [3.8, 4) is 0 Å². The largest absolute Gasteiger partial charge is 0.370 e. The number of piperidine rings is 2. The van der Waals surface area contributed by atoms with Crippen LogP contribution in [-0.4, -0.2) is 111 Å². The molecule has 3 aromatic heterocycles. The number of nitrogens with zero attached hydrogens (tertiary/aromatic N) is 8. The zero-order valence-electron chi connectivity index (χ0n) is 33.7. The summed E-state index contributed by atoms with van der Waals surface area (Å²) in [4.78, 5) is 98.0. The summed E-state index contributed by atoms with van der Waals surface area (Å²) < 4.78 is 17.2. The van der Waals surface area contributed by atoms with Crippen molar-refractivity contribution < 1.29 is 28.4 Å². The first kappa shape index (κ1) is 39.4. The number of benzene rings is 1. The number of aromatic nitrogens is 4. The smallest absolute Gasteiger partial charge is 0.263 e. The average molecular weight is 819 g/mol. The SMILES string of the molecule is CC(=O)c1c(C)c2cnc(Nc3ccc(N4CCC(CN5CCN(c6cc7c(cc6F)C(=O)N(C6CCC(=O)NC6=O)C7=O)CC5)CC4)cn3)nc2n(C2CCCC2)c1=O. The molecule has 0 spiro atoms. The number of ketones is 1. The fourth-order valence-corrected chi connectivity index (χ4v) is 9.70. The van der Waals surface area contributed by atoms with E-state index < -0.39 is 35.5 Å². The Morgan fingerprint density at radius 2 is 1.58 bits per heavy atom. The third kappa shape index (κ3) is 7.17. The first-order valence-corrected chi connectivity index (χ1v) is 20.9. The Hall–Kier alpha value is -6.10. The summed E-state index contributed by atoms with van der Waals surface area (Å²) in [5, 5.41) is 6.08. The molecule has 4 fully saturated rings. The molecule has 5 aliphatic rings. The number of carbonyl (C=O) groups excluding carboxylic acids is 5. The van der Waals surface area contributed by atoms with Crippen molar-refractivity contribution in [1.82, 2.24) is 34.6 Å². The molecule has 60 heavy (non-hydrogen) atoms. The number of amides is 4. The van der Waals surface area contributed by atoms with E-state index in [1.54, 1.807) is 17.7 Å². The third-order valence-electron chi connectivity index (χ3n) is 13.0. The van der Waals surface area contributed by atoms with Gasteiger partial charge >= 0.3 is 0 Å². The average Bonchev–Trinajstić information content (AvgIpc) is 3.84. The predicted molar refractivity (Wildman–Crippen MR) is 220 cm³/mol. The molecule has 1 aromatic carbocycles. The van der Waals surface area contributed by atoms with Crippen LogP contribution in [0.2, 0.25) is 0 Å². The number of rotatable bonds is 9. The lowest BCUT2D eigenvalue weighted by Crippen LogP contribution is -2.54. The van der Waals surface area contributed by atoms with E-state index in [9.17, 15) is 28.8 Å². The van der Waals surface area contributed by atoms with Gasteiger partial charge in [0.05, 0.1) is 34.3 Å². The second kappa shape index (κ2) is 15.8. The number of fused-ring (bicyclic) bond motifs is 2. The number of hydrogen-bond donors (Lipinski definition) is 2. The molecule has 3 saturated heterocycles. The van der Waals surface area contributed by atoms with E-state index >= 15 is 4.39 Å². The maximum absolute atomic E-state index is 15.5. The van der Waals surface area contributed by atoms with Gasteiger partial charge < -0.3 is 15.1 Å².